The second kappa shape index (κ2) is 10.7. The molecule has 30 heavy (non-hydrogen) atoms. The van der Waals surface area contributed by atoms with Crippen molar-refractivity contribution in [2.45, 2.75) is 136 Å². The fourth-order valence-electron chi connectivity index (χ4n) is 2.32. The zero-order valence-electron chi connectivity index (χ0n) is 22.8. The van der Waals surface area contributed by atoms with Crippen molar-refractivity contribution in [2.24, 2.45) is 5.92 Å². The van der Waals surface area contributed by atoms with E-state index in [2.05, 4.69) is 86.3 Å². The Morgan fingerprint density at radius 1 is 0.833 bits per heavy atom. The van der Waals surface area contributed by atoms with Crippen molar-refractivity contribution in [2.75, 3.05) is 6.61 Å². The Balaban J connectivity index is 5.63. The first kappa shape index (κ1) is 30.6. The zero-order valence-corrected chi connectivity index (χ0v) is 25.6. The maximum absolute atomic E-state index is 12.8. The zero-order chi connectivity index (χ0) is 24.3. The van der Waals surface area contributed by atoms with E-state index in [1.54, 1.807) is 0 Å². The van der Waals surface area contributed by atoms with Crippen LogP contribution in [0.4, 0.5) is 0 Å². The largest absolute Gasteiger partial charge is 0.598 e. The summed E-state index contributed by atoms with van der Waals surface area (Å²) in [6.45, 7) is 33.9. The fraction of sp³-hybridized carbons (Fsp3) is 1.00. The Labute approximate surface area is 194 Å². The van der Waals surface area contributed by atoms with Crippen molar-refractivity contribution in [3.63, 3.8) is 0 Å². The molecule has 0 aliphatic carbocycles. The maximum Gasteiger partial charge on any atom is 0.192 e. The molecule has 0 saturated carbocycles. The molecule has 0 aliphatic heterocycles. The molecule has 0 saturated heterocycles. The molecule has 1 unspecified atom stereocenters. The first-order valence-corrected chi connectivity index (χ1v) is 18.5. The van der Waals surface area contributed by atoms with Crippen LogP contribution in [-0.2, 0) is 20.2 Å². The van der Waals surface area contributed by atoms with E-state index in [1.807, 2.05) is 20.8 Å². The summed E-state index contributed by atoms with van der Waals surface area (Å²) in [6.07, 6.45) is 0.803. The predicted octanol–water partition coefficient (Wildman–Crippen LogP) is 6.87. The lowest BCUT2D eigenvalue weighted by molar-refractivity contribution is 0.0887. The highest BCUT2D eigenvalue weighted by Crippen LogP contribution is 2.39. The number of rotatable bonds is 10. The van der Waals surface area contributed by atoms with Gasteiger partial charge in [-0.25, -0.2) is 0 Å². The van der Waals surface area contributed by atoms with Crippen LogP contribution in [0.2, 0.25) is 36.3 Å². The van der Waals surface area contributed by atoms with Gasteiger partial charge < -0.3 is 13.4 Å². The highest BCUT2D eigenvalue weighted by molar-refractivity contribution is 7.90. The van der Waals surface area contributed by atoms with Crippen molar-refractivity contribution >= 4 is 28.0 Å². The molecule has 3 atom stereocenters. The van der Waals surface area contributed by atoms with Crippen molar-refractivity contribution in [3.8, 4) is 0 Å². The Kier molecular flexibility index (Phi) is 10.9. The molecule has 0 aromatic carbocycles. The molecule has 0 aromatic rings. The van der Waals surface area contributed by atoms with E-state index >= 15 is 0 Å². The quantitative estimate of drug-likeness (QED) is 0.274. The molecule has 182 valence electrons. The third kappa shape index (κ3) is 9.63. The molecule has 0 aromatic heterocycles. The van der Waals surface area contributed by atoms with Gasteiger partial charge in [-0.1, -0.05) is 55.4 Å². The van der Waals surface area contributed by atoms with E-state index < -0.39 is 28.0 Å². The minimum absolute atomic E-state index is 0.00288. The van der Waals surface area contributed by atoms with Gasteiger partial charge in [0.05, 0.1) is 18.8 Å². The van der Waals surface area contributed by atoms with E-state index in [0.29, 0.717) is 12.5 Å². The number of nitrogens with one attached hydrogen (secondary N) is 1. The SMILES string of the molecule is CC(C)[C@@H](C[C@H](CO[Si](C)(C)C(C)(C)C)O[Si](C)(C)C(C)(C)C)N[S+]([O-])C(C)(C)C. The lowest BCUT2D eigenvalue weighted by Gasteiger charge is -2.42. The molecular weight excluding hydrogens is 426 g/mol. The molecule has 1 N–H and O–H groups in total. The van der Waals surface area contributed by atoms with Crippen LogP contribution >= 0.6 is 0 Å². The first-order valence-electron chi connectivity index (χ1n) is 11.5. The lowest BCUT2D eigenvalue weighted by atomic mass is 9.99. The molecule has 4 nitrogen and oxygen atoms in total. The highest BCUT2D eigenvalue weighted by atomic mass is 32.2. The van der Waals surface area contributed by atoms with Crippen molar-refractivity contribution in [1.29, 1.82) is 0 Å². The van der Waals surface area contributed by atoms with Crippen LogP contribution in [0.15, 0.2) is 0 Å². The number of hydrogen-bond acceptors (Lipinski definition) is 4. The van der Waals surface area contributed by atoms with Crippen molar-refractivity contribution in [3.05, 3.63) is 0 Å². The average molecular weight is 480 g/mol. The monoisotopic (exact) mass is 479 g/mol. The van der Waals surface area contributed by atoms with Gasteiger partial charge in [0.1, 0.15) is 4.75 Å². The Morgan fingerprint density at radius 3 is 1.60 bits per heavy atom. The van der Waals surface area contributed by atoms with Gasteiger partial charge in [-0.15, -0.1) is 4.72 Å². The fourth-order valence-corrected chi connectivity index (χ4v) is 5.70. The van der Waals surface area contributed by atoms with Crippen LogP contribution < -0.4 is 4.72 Å². The second-order valence-corrected chi connectivity index (χ2v) is 24.7. The smallest absolute Gasteiger partial charge is 0.192 e. The van der Waals surface area contributed by atoms with E-state index in [4.69, 9.17) is 8.85 Å². The molecule has 0 radical (unpaired) electrons. The van der Waals surface area contributed by atoms with Crippen LogP contribution in [0, 0.1) is 5.92 Å². The van der Waals surface area contributed by atoms with Crippen LogP contribution in [0.3, 0.4) is 0 Å². The summed E-state index contributed by atoms with van der Waals surface area (Å²) in [4.78, 5) is 0. The van der Waals surface area contributed by atoms with Gasteiger partial charge in [0.15, 0.2) is 16.6 Å². The first-order chi connectivity index (χ1) is 13.0. The molecule has 7 heteroatoms. The minimum atomic E-state index is -1.96. The molecule has 0 spiro atoms. The van der Waals surface area contributed by atoms with Gasteiger partial charge in [0, 0.05) is 11.4 Å². The van der Waals surface area contributed by atoms with Crippen LogP contribution in [0.5, 0.6) is 0 Å². The number of hydrogen-bond donors (Lipinski definition) is 1. The molecular formula is C23H53NO3SSi2. The third-order valence-electron chi connectivity index (χ3n) is 6.84. The van der Waals surface area contributed by atoms with Gasteiger partial charge in [-0.3, -0.25) is 0 Å². The minimum Gasteiger partial charge on any atom is -0.598 e. The van der Waals surface area contributed by atoms with Gasteiger partial charge >= 0.3 is 0 Å². The van der Waals surface area contributed by atoms with E-state index in [9.17, 15) is 4.55 Å². The molecule has 0 heterocycles. The topological polar surface area (TPSA) is 53.5 Å². The molecule has 0 aliphatic rings. The van der Waals surface area contributed by atoms with Crippen LogP contribution in [-0.4, -0.2) is 44.7 Å². The normalized spacial score (nSPS) is 17.9. The molecule has 0 fully saturated rings. The van der Waals surface area contributed by atoms with E-state index in [1.165, 1.54) is 0 Å². The van der Waals surface area contributed by atoms with E-state index in [0.717, 1.165) is 6.42 Å². The van der Waals surface area contributed by atoms with Gasteiger partial charge in [0.2, 0.25) is 0 Å². The Bertz CT molecular complexity index is 520. The van der Waals surface area contributed by atoms with E-state index in [-0.39, 0.29) is 27.0 Å². The summed E-state index contributed by atoms with van der Waals surface area (Å²) < 4.78 is 29.4. The summed E-state index contributed by atoms with van der Waals surface area (Å²) in [7, 11) is -3.83. The molecule has 0 rings (SSSR count). The lowest BCUT2D eigenvalue weighted by Crippen LogP contribution is -2.52. The van der Waals surface area contributed by atoms with Crippen molar-refractivity contribution < 1.29 is 13.4 Å². The summed E-state index contributed by atoms with van der Waals surface area (Å²) in [5, 5.41) is 0.301. The average Bonchev–Trinajstić information content (AvgIpc) is 2.48. The van der Waals surface area contributed by atoms with Crippen LogP contribution in [0.1, 0.15) is 82.6 Å². The third-order valence-corrected chi connectivity index (χ3v) is 17.5. The second-order valence-electron chi connectivity index (χ2n) is 13.2. The summed E-state index contributed by atoms with van der Waals surface area (Å²) in [5.74, 6) is 0.356. The summed E-state index contributed by atoms with van der Waals surface area (Å²) in [5.41, 5.74) is 0. The Hall–Kier alpha value is 0.624. The molecule has 0 bridgehead atoms. The standard InChI is InChI=1S/C23H53NO3SSi2/c1-18(2)20(24-28(25)21(3,4)5)16-19(27-30(14,15)23(9,10)11)17-26-29(12,13)22(6,7)8/h18-20,24H,16-17H2,1-15H3/t19-,20-,28?/m1/s1. The van der Waals surface area contributed by atoms with Crippen molar-refractivity contribution in [1.82, 2.24) is 4.72 Å². The molecule has 0 amide bonds. The van der Waals surface area contributed by atoms with Gasteiger partial charge in [-0.05, 0) is 69.4 Å². The predicted molar refractivity (Wildman–Crippen MR) is 139 cm³/mol. The summed E-state index contributed by atoms with van der Waals surface area (Å²) >= 11 is -1.11. The van der Waals surface area contributed by atoms with Gasteiger partial charge in [0.25, 0.3) is 0 Å². The Morgan fingerprint density at radius 2 is 1.27 bits per heavy atom. The summed E-state index contributed by atoms with van der Waals surface area (Å²) in [6, 6.07) is 0.114. The maximum atomic E-state index is 12.8. The highest BCUT2D eigenvalue weighted by Gasteiger charge is 2.42. The van der Waals surface area contributed by atoms with Gasteiger partial charge in [-0.2, -0.15) is 0 Å². The van der Waals surface area contributed by atoms with Crippen LogP contribution in [0.25, 0.3) is 0 Å².